The molecule has 0 unspecified atom stereocenters. The van der Waals surface area contributed by atoms with Crippen LogP contribution >= 0.6 is 0 Å². The normalized spacial score (nSPS) is 28.2. The fraction of sp³-hybridized carbons (Fsp3) is 0.571. The Labute approximate surface area is 115 Å². The molecule has 2 aromatic rings. The van der Waals surface area contributed by atoms with Crippen LogP contribution in [0.2, 0.25) is 0 Å². The molecule has 0 N–H and O–H groups in total. The lowest BCUT2D eigenvalue weighted by molar-refractivity contribution is 0.0573. The van der Waals surface area contributed by atoms with Crippen molar-refractivity contribution in [3.63, 3.8) is 0 Å². The van der Waals surface area contributed by atoms with Gasteiger partial charge in [0.05, 0.1) is 17.1 Å². The molecule has 1 atom stereocenters. The van der Waals surface area contributed by atoms with Crippen LogP contribution in [0, 0.1) is 5.41 Å². The SMILES string of the molecule is Cn1c(N2CCC[C@]3(C2)CC3(F)F)nc2cnccc21. The Bertz CT molecular complexity index is 681. The number of alkyl halides is 2. The predicted molar refractivity (Wildman–Crippen MR) is 72.0 cm³/mol. The molecule has 1 saturated heterocycles. The number of hydrogen-bond acceptors (Lipinski definition) is 3. The van der Waals surface area contributed by atoms with E-state index in [4.69, 9.17) is 0 Å². The van der Waals surface area contributed by atoms with Crippen LogP contribution in [0.15, 0.2) is 18.5 Å². The fourth-order valence-corrected chi connectivity index (χ4v) is 3.45. The number of halogens is 2. The maximum Gasteiger partial charge on any atom is 0.256 e. The molecule has 2 aromatic heterocycles. The van der Waals surface area contributed by atoms with Crippen molar-refractivity contribution in [2.45, 2.75) is 25.2 Å². The monoisotopic (exact) mass is 278 g/mol. The number of piperidine rings is 1. The van der Waals surface area contributed by atoms with Gasteiger partial charge < -0.3 is 9.47 Å². The van der Waals surface area contributed by atoms with Crippen LogP contribution in [-0.4, -0.2) is 33.5 Å². The highest BCUT2D eigenvalue weighted by Crippen LogP contribution is 2.64. The van der Waals surface area contributed by atoms with Crippen LogP contribution in [0.1, 0.15) is 19.3 Å². The molecule has 0 amide bonds. The molecule has 6 heteroatoms. The van der Waals surface area contributed by atoms with Gasteiger partial charge in [-0.1, -0.05) is 0 Å². The van der Waals surface area contributed by atoms with Gasteiger partial charge in [0.25, 0.3) is 5.92 Å². The number of rotatable bonds is 1. The molecule has 20 heavy (non-hydrogen) atoms. The van der Waals surface area contributed by atoms with Crippen molar-refractivity contribution in [2.24, 2.45) is 12.5 Å². The van der Waals surface area contributed by atoms with E-state index in [1.165, 1.54) is 0 Å². The second-order valence-corrected chi connectivity index (χ2v) is 6.02. The van der Waals surface area contributed by atoms with Gasteiger partial charge in [-0.15, -0.1) is 0 Å². The van der Waals surface area contributed by atoms with E-state index < -0.39 is 11.3 Å². The quantitative estimate of drug-likeness (QED) is 0.804. The van der Waals surface area contributed by atoms with Gasteiger partial charge in [0.15, 0.2) is 0 Å². The Hall–Kier alpha value is -1.72. The highest BCUT2D eigenvalue weighted by Gasteiger charge is 2.71. The number of pyridine rings is 1. The number of fused-ring (bicyclic) bond motifs is 1. The van der Waals surface area contributed by atoms with E-state index >= 15 is 0 Å². The molecule has 1 saturated carbocycles. The molecule has 2 aliphatic rings. The molecule has 0 bridgehead atoms. The van der Waals surface area contributed by atoms with Crippen LogP contribution in [0.3, 0.4) is 0 Å². The van der Waals surface area contributed by atoms with E-state index in [-0.39, 0.29) is 6.42 Å². The molecule has 2 fully saturated rings. The van der Waals surface area contributed by atoms with Gasteiger partial charge in [-0.2, -0.15) is 0 Å². The Morgan fingerprint density at radius 1 is 1.35 bits per heavy atom. The third-order valence-electron chi connectivity index (χ3n) is 4.73. The standard InChI is InChI=1S/C14H16F2N4/c1-19-11-3-5-17-7-10(11)18-12(19)20-6-2-4-13(9-20)8-14(13,15)16/h3,5,7H,2,4,6,8-9H2,1H3/t13-/m1/s1. The average Bonchev–Trinajstić information content (AvgIpc) is 2.79. The first-order chi connectivity index (χ1) is 9.52. The molecule has 0 radical (unpaired) electrons. The van der Waals surface area contributed by atoms with Gasteiger partial charge in [-0.25, -0.2) is 13.8 Å². The van der Waals surface area contributed by atoms with E-state index in [2.05, 4.69) is 9.97 Å². The number of anilines is 1. The highest BCUT2D eigenvalue weighted by molar-refractivity contribution is 5.77. The zero-order valence-electron chi connectivity index (χ0n) is 11.3. The van der Waals surface area contributed by atoms with E-state index in [0.717, 1.165) is 29.9 Å². The van der Waals surface area contributed by atoms with Gasteiger partial charge in [-0.3, -0.25) is 4.98 Å². The predicted octanol–water partition coefficient (Wildman–Crippen LogP) is 2.59. The summed E-state index contributed by atoms with van der Waals surface area (Å²) in [7, 11) is 1.93. The minimum absolute atomic E-state index is 0.0298. The van der Waals surface area contributed by atoms with Crippen molar-refractivity contribution in [3.05, 3.63) is 18.5 Å². The molecule has 0 aromatic carbocycles. The zero-order chi connectivity index (χ0) is 14.0. The first-order valence-corrected chi connectivity index (χ1v) is 6.92. The molecule has 3 heterocycles. The summed E-state index contributed by atoms with van der Waals surface area (Å²) < 4.78 is 29.2. The van der Waals surface area contributed by atoms with E-state index in [1.54, 1.807) is 12.4 Å². The summed E-state index contributed by atoms with van der Waals surface area (Å²) in [4.78, 5) is 10.6. The number of aryl methyl sites for hydroxylation is 1. The first kappa shape index (κ1) is 12.1. The number of imidazole rings is 1. The second-order valence-electron chi connectivity index (χ2n) is 6.02. The summed E-state index contributed by atoms with van der Waals surface area (Å²) in [5.41, 5.74) is 0.992. The molecule has 1 aliphatic heterocycles. The van der Waals surface area contributed by atoms with Crippen LogP contribution in [0.25, 0.3) is 11.0 Å². The summed E-state index contributed by atoms with van der Waals surface area (Å²) >= 11 is 0. The summed E-state index contributed by atoms with van der Waals surface area (Å²) in [6.07, 6.45) is 4.89. The average molecular weight is 278 g/mol. The van der Waals surface area contributed by atoms with Crippen molar-refractivity contribution in [2.75, 3.05) is 18.0 Å². The highest BCUT2D eigenvalue weighted by atomic mass is 19.3. The summed E-state index contributed by atoms with van der Waals surface area (Å²) in [6.45, 7) is 1.20. The van der Waals surface area contributed by atoms with Crippen molar-refractivity contribution in [3.8, 4) is 0 Å². The molecule has 4 nitrogen and oxygen atoms in total. The van der Waals surface area contributed by atoms with Crippen LogP contribution in [0.5, 0.6) is 0 Å². The Balaban J connectivity index is 1.71. The van der Waals surface area contributed by atoms with Gasteiger partial charge in [-0.05, 0) is 18.9 Å². The maximum atomic E-state index is 13.6. The summed E-state index contributed by atoms with van der Waals surface area (Å²) in [5, 5.41) is 0. The molecular weight excluding hydrogens is 262 g/mol. The van der Waals surface area contributed by atoms with Crippen LogP contribution in [-0.2, 0) is 7.05 Å². The number of aromatic nitrogens is 3. The summed E-state index contributed by atoms with van der Waals surface area (Å²) in [5.74, 6) is -1.72. The lowest BCUT2D eigenvalue weighted by Crippen LogP contribution is -2.40. The van der Waals surface area contributed by atoms with Crippen molar-refractivity contribution in [1.29, 1.82) is 0 Å². The van der Waals surface area contributed by atoms with Crippen LogP contribution < -0.4 is 4.90 Å². The Kier molecular flexibility index (Phi) is 2.22. The number of hydrogen-bond donors (Lipinski definition) is 0. The topological polar surface area (TPSA) is 34.0 Å². The lowest BCUT2D eigenvalue weighted by atomic mass is 9.94. The van der Waals surface area contributed by atoms with Crippen LogP contribution in [0.4, 0.5) is 14.7 Å². The molecule has 106 valence electrons. The largest absolute Gasteiger partial charge is 0.341 e. The molecule has 4 rings (SSSR count). The minimum Gasteiger partial charge on any atom is -0.341 e. The lowest BCUT2D eigenvalue weighted by Gasteiger charge is -2.33. The Morgan fingerprint density at radius 3 is 2.85 bits per heavy atom. The Morgan fingerprint density at radius 2 is 2.15 bits per heavy atom. The van der Waals surface area contributed by atoms with Gasteiger partial charge in [0.1, 0.15) is 5.52 Å². The van der Waals surface area contributed by atoms with Gasteiger partial charge in [0, 0.05) is 32.8 Å². The van der Waals surface area contributed by atoms with E-state index in [0.29, 0.717) is 13.0 Å². The summed E-state index contributed by atoms with van der Waals surface area (Å²) in [6, 6.07) is 1.90. The third kappa shape index (κ3) is 1.50. The fourth-order valence-electron chi connectivity index (χ4n) is 3.45. The van der Waals surface area contributed by atoms with Gasteiger partial charge >= 0.3 is 0 Å². The first-order valence-electron chi connectivity index (χ1n) is 6.92. The molecular formula is C14H16F2N4. The minimum atomic E-state index is -2.49. The molecule has 1 spiro atoms. The van der Waals surface area contributed by atoms with E-state index in [1.807, 2.05) is 22.6 Å². The van der Waals surface area contributed by atoms with Crippen molar-refractivity contribution < 1.29 is 8.78 Å². The zero-order valence-corrected chi connectivity index (χ0v) is 11.3. The van der Waals surface area contributed by atoms with E-state index in [9.17, 15) is 8.78 Å². The van der Waals surface area contributed by atoms with Crippen molar-refractivity contribution >= 4 is 17.0 Å². The number of nitrogens with zero attached hydrogens (tertiary/aromatic N) is 4. The third-order valence-corrected chi connectivity index (χ3v) is 4.73. The molecule has 1 aliphatic carbocycles. The van der Waals surface area contributed by atoms with Crippen molar-refractivity contribution in [1.82, 2.24) is 14.5 Å². The smallest absolute Gasteiger partial charge is 0.256 e. The second kappa shape index (κ2) is 3.68. The maximum absolute atomic E-state index is 13.6. The van der Waals surface area contributed by atoms with Gasteiger partial charge in [0.2, 0.25) is 5.95 Å².